The van der Waals surface area contributed by atoms with Crippen molar-refractivity contribution in [3.63, 3.8) is 0 Å². The molecule has 0 radical (unpaired) electrons. The Morgan fingerprint density at radius 3 is 1.74 bits per heavy atom. The van der Waals surface area contributed by atoms with Crippen molar-refractivity contribution >= 4 is 55.2 Å². The van der Waals surface area contributed by atoms with Crippen LogP contribution in [0.15, 0.2) is 215 Å². The number of nitrogens with one attached hydrogen (secondary N) is 1. The second-order valence-electron chi connectivity index (χ2n) is 14.6. The Labute approximate surface area is 330 Å². The van der Waals surface area contributed by atoms with Crippen LogP contribution in [0.3, 0.4) is 0 Å². The predicted molar refractivity (Wildman–Crippen MR) is 237 cm³/mol. The number of hydrogen-bond donors (Lipinski definition) is 1. The van der Waals surface area contributed by atoms with Crippen LogP contribution in [-0.2, 0) is 0 Å². The molecule has 0 aliphatic carbocycles. The summed E-state index contributed by atoms with van der Waals surface area (Å²) >= 11 is 0. The van der Waals surface area contributed by atoms with E-state index in [-0.39, 0.29) is 6.17 Å². The first-order chi connectivity index (χ1) is 28.2. The van der Waals surface area contributed by atoms with Crippen LogP contribution in [0.25, 0.3) is 76.9 Å². The van der Waals surface area contributed by atoms with E-state index in [0.29, 0.717) is 5.84 Å². The van der Waals surface area contributed by atoms with E-state index >= 15 is 0 Å². The van der Waals surface area contributed by atoms with Crippen LogP contribution in [0.5, 0.6) is 0 Å². The molecular formula is C53H35N3O. The molecular weight excluding hydrogens is 695 g/mol. The fourth-order valence-corrected chi connectivity index (χ4v) is 8.30. The summed E-state index contributed by atoms with van der Waals surface area (Å²) in [7, 11) is 0. The van der Waals surface area contributed by atoms with Gasteiger partial charge in [-0.1, -0.05) is 176 Å². The second-order valence-corrected chi connectivity index (χ2v) is 14.6. The number of amidine groups is 2. The lowest BCUT2D eigenvalue weighted by molar-refractivity contribution is 0.668. The van der Waals surface area contributed by atoms with Gasteiger partial charge in [-0.3, -0.25) is 0 Å². The van der Waals surface area contributed by atoms with E-state index in [0.717, 1.165) is 61.2 Å². The molecule has 0 saturated heterocycles. The molecule has 1 aromatic heterocycles. The maximum atomic E-state index is 6.66. The lowest BCUT2D eigenvalue weighted by Crippen LogP contribution is -2.33. The van der Waals surface area contributed by atoms with Crippen LogP contribution in [-0.4, -0.2) is 11.7 Å². The van der Waals surface area contributed by atoms with Crippen molar-refractivity contribution < 1.29 is 4.42 Å². The van der Waals surface area contributed by atoms with Gasteiger partial charge in [-0.25, -0.2) is 9.98 Å². The Bertz CT molecular complexity index is 3180. The minimum Gasteiger partial charge on any atom is -0.456 e. The van der Waals surface area contributed by atoms with Gasteiger partial charge in [0.1, 0.15) is 23.2 Å². The van der Waals surface area contributed by atoms with E-state index in [4.69, 9.17) is 14.4 Å². The van der Waals surface area contributed by atoms with Crippen LogP contribution in [0.1, 0.15) is 22.9 Å². The summed E-state index contributed by atoms with van der Waals surface area (Å²) in [6.07, 6.45) is -0.354. The lowest BCUT2D eigenvalue weighted by Gasteiger charge is -2.24. The zero-order valence-corrected chi connectivity index (χ0v) is 30.9. The van der Waals surface area contributed by atoms with Crippen LogP contribution in [0.2, 0.25) is 0 Å². The first-order valence-electron chi connectivity index (χ1n) is 19.3. The molecule has 1 unspecified atom stereocenters. The van der Waals surface area contributed by atoms with E-state index in [1.807, 2.05) is 24.3 Å². The first kappa shape index (κ1) is 32.8. The molecule has 57 heavy (non-hydrogen) atoms. The van der Waals surface area contributed by atoms with Gasteiger partial charge in [-0.05, 0) is 84.8 Å². The Balaban J connectivity index is 1.03. The molecule has 11 rings (SSSR count). The van der Waals surface area contributed by atoms with Gasteiger partial charge < -0.3 is 9.73 Å². The Hall–Kier alpha value is -7.56. The molecule has 0 saturated carbocycles. The van der Waals surface area contributed by atoms with E-state index in [1.54, 1.807) is 0 Å². The van der Waals surface area contributed by atoms with Crippen molar-refractivity contribution in [2.24, 2.45) is 9.98 Å². The molecule has 4 nitrogen and oxygen atoms in total. The predicted octanol–water partition coefficient (Wildman–Crippen LogP) is 13.4. The molecule has 1 N–H and O–H groups in total. The number of furan rings is 1. The number of fused-ring (bicyclic) bond motifs is 6. The monoisotopic (exact) mass is 729 g/mol. The third-order valence-corrected chi connectivity index (χ3v) is 11.2. The molecule has 268 valence electrons. The maximum Gasteiger partial charge on any atom is 0.160 e. The minimum absolute atomic E-state index is 0.354. The Kier molecular flexibility index (Phi) is 7.85. The Morgan fingerprint density at radius 2 is 1.00 bits per heavy atom. The van der Waals surface area contributed by atoms with Crippen LogP contribution in [0, 0.1) is 0 Å². The van der Waals surface area contributed by atoms with Crippen molar-refractivity contribution in [1.29, 1.82) is 0 Å². The van der Waals surface area contributed by atoms with Crippen molar-refractivity contribution in [1.82, 2.24) is 5.32 Å². The summed E-state index contributed by atoms with van der Waals surface area (Å²) < 4.78 is 6.66. The highest BCUT2D eigenvalue weighted by atomic mass is 16.3. The zero-order chi connectivity index (χ0) is 37.7. The van der Waals surface area contributed by atoms with Crippen molar-refractivity contribution in [2.45, 2.75) is 6.17 Å². The third-order valence-electron chi connectivity index (χ3n) is 11.2. The van der Waals surface area contributed by atoms with Gasteiger partial charge in [-0.15, -0.1) is 0 Å². The molecule has 2 heterocycles. The minimum atomic E-state index is -0.354. The van der Waals surface area contributed by atoms with Crippen molar-refractivity contribution in [2.75, 3.05) is 0 Å². The van der Waals surface area contributed by atoms with Crippen molar-refractivity contribution in [3.8, 4) is 33.4 Å². The molecule has 9 aromatic carbocycles. The summed E-state index contributed by atoms with van der Waals surface area (Å²) in [4.78, 5) is 10.6. The van der Waals surface area contributed by atoms with Gasteiger partial charge in [0.25, 0.3) is 0 Å². The molecule has 10 aromatic rings. The van der Waals surface area contributed by atoms with E-state index in [2.05, 4.69) is 181 Å². The van der Waals surface area contributed by atoms with Crippen molar-refractivity contribution in [3.05, 3.63) is 217 Å². The SMILES string of the molecule is c1ccc(-c2ccc(C3=NC(c4cccc5oc6cc(-c7cc8ccccc8c8ccccc78)ccc6c45)=NC(c4ccc(-c5ccccc5)cc4)N3)cc2)cc1. The first-order valence-corrected chi connectivity index (χ1v) is 19.3. The van der Waals surface area contributed by atoms with Gasteiger partial charge in [0, 0.05) is 21.9 Å². The van der Waals surface area contributed by atoms with Crippen LogP contribution < -0.4 is 5.32 Å². The smallest absolute Gasteiger partial charge is 0.160 e. The molecule has 0 spiro atoms. The summed E-state index contributed by atoms with van der Waals surface area (Å²) in [5, 5.41) is 10.6. The fraction of sp³-hybridized carbons (Fsp3) is 0.0189. The standard InChI is InChI=1S/C53H35N3O/c1-3-12-34(13-4-1)36-22-26-38(27-23-36)51-54-52(39-28-24-37(25-29-39)35-14-5-2-6-15-35)56-53(55-51)46-20-11-21-48-50(46)45-31-30-41(33-49(45)57-48)47-32-40-16-7-8-17-42(40)43-18-9-10-19-44(43)47/h1-33,51H,(H,54,55,56). The average molecular weight is 730 g/mol. The van der Waals surface area contributed by atoms with Gasteiger partial charge in [0.2, 0.25) is 0 Å². The van der Waals surface area contributed by atoms with Gasteiger partial charge in [0.15, 0.2) is 5.84 Å². The molecule has 0 amide bonds. The number of rotatable bonds is 6. The highest BCUT2D eigenvalue weighted by Gasteiger charge is 2.24. The normalized spacial score (nSPS) is 14.1. The molecule has 0 fully saturated rings. The number of nitrogens with zero attached hydrogens (tertiary/aromatic N) is 2. The van der Waals surface area contributed by atoms with E-state index in [9.17, 15) is 0 Å². The fourth-order valence-electron chi connectivity index (χ4n) is 8.30. The number of hydrogen-bond acceptors (Lipinski definition) is 4. The summed E-state index contributed by atoms with van der Waals surface area (Å²) in [5.74, 6) is 1.43. The van der Waals surface area contributed by atoms with E-state index in [1.165, 1.54) is 38.2 Å². The van der Waals surface area contributed by atoms with Gasteiger partial charge >= 0.3 is 0 Å². The van der Waals surface area contributed by atoms with E-state index < -0.39 is 0 Å². The molecule has 1 aliphatic rings. The second kappa shape index (κ2) is 13.6. The lowest BCUT2D eigenvalue weighted by atomic mass is 9.93. The zero-order valence-electron chi connectivity index (χ0n) is 30.9. The summed E-state index contributed by atoms with van der Waals surface area (Å²) in [6.45, 7) is 0. The summed E-state index contributed by atoms with van der Waals surface area (Å²) in [5.41, 5.74) is 11.6. The molecule has 1 atom stereocenters. The highest BCUT2D eigenvalue weighted by molar-refractivity contribution is 6.22. The van der Waals surface area contributed by atoms with Crippen LogP contribution in [0.4, 0.5) is 0 Å². The number of benzene rings is 9. The summed E-state index contributed by atoms with van der Waals surface area (Å²) in [6, 6.07) is 70.5. The average Bonchev–Trinajstić information content (AvgIpc) is 3.68. The molecule has 1 aliphatic heterocycles. The quantitative estimate of drug-likeness (QED) is 0.173. The van der Waals surface area contributed by atoms with Gasteiger partial charge in [0.05, 0.1) is 0 Å². The maximum absolute atomic E-state index is 6.66. The Morgan fingerprint density at radius 1 is 0.404 bits per heavy atom. The van der Waals surface area contributed by atoms with Crippen LogP contribution >= 0.6 is 0 Å². The topological polar surface area (TPSA) is 49.9 Å². The molecule has 0 bridgehead atoms. The largest absolute Gasteiger partial charge is 0.456 e. The number of aliphatic imine (C=N–C) groups is 2. The molecule has 4 heteroatoms. The third kappa shape index (κ3) is 5.87. The van der Waals surface area contributed by atoms with Gasteiger partial charge in [-0.2, -0.15) is 0 Å². The highest BCUT2D eigenvalue weighted by Crippen LogP contribution is 2.39.